The summed E-state index contributed by atoms with van der Waals surface area (Å²) in [4.78, 5) is 32.0. The Morgan fingerprint density at radius 2 is 2.05 bits per heavy atom. The van der Waals surface area contributed by atoms with Crippen LogP contribution in [0.4, 0.5) is 10.6 Å². The number of anilines is 1. The van der Waals surface area contributed by atoms with Crippen LogP contribution in [-0.2, 0) is 4.74 Å². The molecule has 0 atom stereocenters. The number of hydrogen-bond acceptors (Lipinski definition) is 5. The van der Waals surface area contributed by atoms with E-state index in [9.17, 15) is 9.59 Å². The highest BCUT2D eigenvalue weighted by Crippen LogP contribution is 2.13. The molecule has 1 saturated heterocycles. The van der Waals surface area contributed by atoms with Gasteiger partial charge in [-0.15, -0.1) is 0 Å². The van der Waals surface area contributed by atoms with Crippen LogP contribution in [0.25, 0.3) is 5.65 Å². The first kappa shape index (κ1) is 14.4. The van der Waals surface area contributed by atoms with Crippen LogP contribution in [0, 0.1) is 0 Å². The molecule has 7 heteroatoms. The first-order valence-electron chi connectivity index (χ1n) is 7.34. The van der Waals surface area contributed by atoms with Crippen LogP contribution in [0.2, 0.25) is 0 Å². The molecular weight excluding hydrogens is 284 g/mol. The van der Waals surface area contributed by atoms with E-state index >= 15 is 0 Å². The number of rotatable bonds is 2. The van der Waals surface area contributed by atoms with Crippen LogP contribution in [0.15, 0.2) is 35.3 Å². The van der Waals surface area contributed by atoms with E-state index in [2.05, 4.69) is 4.98 Å². The monoisotopic (exact) mass is 302 g/mol. The number of fused-ring (bicyclic) bond motifs is 1. The minimum atomic E-state index is -0.284. The Labute approximate surface area is 127 Å². The van der Waals surface area contributed by atoms with Crippen LogP contribution in [0.5, 0.6) is 0 Å². The fraction of sp³-hybridized carbons (Fsp3) is 0.400. The lowest BCUT2D eigenvalue weighted by Crippen LogP contribution is -2.49. The minimum absolute atomic E-state index is 0.103. The van der Waals surface area contributed by atoms with Gasteiger partial charge in [-0.05, 0) is 19.1 Å². The van der Waals surface area contributed by atoms with Crippen molar-refractivity contribution in [1.29, 1.82) is 0 Å². The van der Waals surface area contributed by atoms with Gasteiger partial charge in [-0.3, -0.25) is 9.20 Å². The summed E-state index contributed by atoms with van der Waals surface area (Å²) >= 11 is 0. The highest BCUT2D eigenvalue weighted by atomic mass is 16.6. The highest BCUT2D eigenvalue weighted by molar-refractivity contribution is 5.68. The molecule has 0 aliphatic carbocycles. The molecule has 1 aliphatic rings. The first-order chi connectivity index (χ1) is 10.7. The number of ether oxygens (including phenoxy) is 1. The van der Waals surface area contributed by atoms with Gasteiger partial charge in [0.2, 0.25) is 0 Å². The molecule has 0 aromatic carbocycles. The predicted octanol–water partition coefficient (Wildman–Crippen LogP) is 0.973. The summed E-state index contributed by atoms with van der Waals surface area (Å²) in [7, 11) is 0. The van der Waals surface area contributed by atoms with Crippen LogP contribution >= 0.6 is 0 Å². The molecule has 1 fully saturated rings. The van der Waals surface area contributed by atoms with Gasteiger partial charge in [0.1, 0.15) is 11.5 Å². The van der Waals surface area contributed by atoms with Crippen molar-refractivity contribution in [3.63, 3.8) is 0 Å². The second kappa shape index (κ2) is 6.05. The molecule has 1 aliphatic heterocycles. The number of aromatic nitrogens is 2. The Bertz CT molecular complexity index is 735. The largest absolute Gasteiger partial charge is 0.450 e. The fourth-order valence-corrected chi connectivity index (χ4v) is 2.54. The maximum atomic E-state index is 12.1. The number of carbonyl (C=O) groups excluding carboxylic acids is 1. The molecule has 0 radical (unpaired) electrons. The summed E-state index contributed by atoms with van der Waals surface area (Å²) in [6, 6.07) is 6.99. The van der Waals surface area contributed by atoms with Gasteiger partial charge in [0.05, 0.1) is 6.61 Å². The van der Waals surface area contributed by atoms with E-state index in [1.54, 1.807) is 30.2 Å². The standard InChI is InChI=1S/C15H18N4O3/c1-2-22-15(21)18-9-7-17(8-10-18)13-11-14(20)19-6-4-3-5-12(19)16-13/h3-6,11H,2,7-10H2,1H3. The molecule has 0 bridgehead atoms. The summed E-state index contributed by atoms with van der Waals surface area (Å²) in [5.41, 5.74) is 0.520. The third kappa shape index (κ3) is 2.74. The number of amides is 1. The SMILES string of the molecule is CCOC(=O)N1CCN(c2cc(=O)n3ccccc3n2)CC1. The average Bonchev–Trinajstić information content (AvgIpc) is 2.55. The molecule has 0 N–H and O–H groups in total. The fourth-order valence-electron chi connectivity index (χ4n) is 2.54. The molecular formula is C15H18N4O3. The Hall–Kier alpha value is -2.57. The molecule has 7 nitrogen and oxygen atoms in total. The maximum Gasteiger partial charge on any atom is 0.409 e. The quantitative estimate of drug-likeness (QED) is 0.827. The zero-order valence-corrected chi connectivity index (χ0v) is 12.4. The van der Waals surface area contributed by atoms with Gasteiger partial charge >= 0.3 is 6.09 Å². The van der Waals surface area contributed by atoms with E-state index in [1.165, 1.54) is 10.5 Å². The molecule has 2 aromatic rings. The number of piperazine rings is 1. The Morgan fingerprint density at radius 3 is 2.77 bits per heavy atom. The number of hydrogen-bond donors (Lipinski definition) is 0. The van der Waals surface area contributed by atoms with Crippen molar-refractivity contribution in [2.75, 3.05) is 37.7 Å². The molecule has 1 amide bonds. The van der Waals surface area contributed by atoms with Gasteiger partial charge < -0.3 is 14.5 Å². The van der Waals surface area contributed by atoms with Crippen molar-refractivity contribution in [3.05, 3.63) is 40.8 Å². The van der Waals surface area contributed by atoms with Gasteiger partial charge in [0.15, 0.2) is 0 Å². The van der Waals surface area contributed by atoms with E-state index in [1.807, 2.05) is 11.0 Å². The van der Waals surface area contributed by atoms with Crippen LogP contribution < -0.4 is 10.5 Å². The van der Waals surface area contributed by atoms with Crippen molar-refractivity contribution < 1.29 is 9.53 Å². The van der Waals surface area contributed by atoms with Crippen LogP contribution in [0.1, 0.15) is 6.92 Å². The zero-order chi connectivity index (χ0) is 15.5. The van der Waals surface area contributed by atoms with Gasteiger partial charge in [-0.2, -0.15) is 0 Å². The molecule has 0 spiro atoms. The van der Waals surface area contributed by atoms with Crippen molar-refractivity contribution in [1.82, 2.24) is 14.3 Å². The predicted molar refractivity (Wildman–Crippen MR) is 82.3 cm³/mol. The lowest BCUT2D eigenvalue weighted by Gasteiger charge is -2.34. The normalized spacial score (nSPS) is 15.1. The van der Waals surface area contributed by atoms with Gasteiger partial charge in [0, 0.05) is 38.4 Å². The molecule has 22 heavy (non-hydrogen) atoms. The average molecular weight is 302 g/mol. The summed E-state index contributed by atoms with van der Waals surface area (Å²) in [5, 5.41) is 0. The van der Waals surface area contributed by atoms with Gasteiger partial charge in [-0.1, -0.05) is 6.07 Å². The third-order valence-electron chi connectivity index (χ3n) is 3.69. The maximum absolute atomic E-state index is 12.1. The second-order valence-corrected chi connectivity index (χ2v) is 5.05. The smallest absolute Gasteiger partial charge is 0.409 e. The number of nitrogens with zero attached hydrogens (tertiary/aromatic N) is 4. The van der Waals surface area contributed by atoms with Crippen LogP contribution in [-0.4, -0.2) is 53.2 Å². The van der Waals surface area contributed by atoms with E-state index in [-0.39, 0.29) is 11.7 Å². The van der Waals surface area contributed by atoms with E-state index < -0.39 is 0 Å². The topological polar surface area (TPSA) is 67.2 Å². The first-order valence-corrected chi connectivity index (χ1v) is 7.34. The zero-order valence-electron chi connectivity index (χ0n) is 12.4. The Morgan fingerprint density at radius 1 is 1.27 bits per heavy atom. The molecule has 0 saturated carbocycles. The van der Waals surface area contributed by atoms with E-state index in [0.717, 1.165) is 0 Å². The lowest BCUT2D eigenvalue weighted by molar-refractivity contribution is 0.105. The van der Waals surface area contributed by atoms with Crippen molar-refractivity contribution >= 4 is 17.6 Å². The third-order valence-corrected chi connectivity index (χ3v) is 3.69. The number of pyridine rings is 1. The summed E-state index contributed by atoms with van der Waals surface area (Å²) in [6.45, 7) is 4.56. The van der Waals surface area contributed by atoms with E-state index in [4.69, 9.17) is 4.74 Å². The van der Waals surface area contributed by atoms with Crippen molar-refractivity contribution in [2.24, 2.45) is 0 Å². The highest BCUT2D eigenvalue weighted by Gasteiger charge is 2.23. The molecule has 0 unspecified atom stereocenters. The van der Waals surface area contributed by atoms with Crippen molar-refractivity contribution in [3.8, 4) is 0 Å². The van der Waals surface area contributed by atoms with Gasteiger partial charge in [-0.25, -0.2) is 9.78 Å². The summed E-state index contributed by atoms with van der Waals surface area (Å²) < 4.78 is 6.51. The number of carbonyl (C=O) groups is 1. The summed E-state index contributed by atoms with van der Waals surface area (Å²) in [6.07, 6.45) is 1.42. The minimum Gasteiger partial charge on any atom is -0.450 e. The second-order valence-electron chi connectivity index (χ2n) is 5.05. The Kier molecular flexibility index (Phi) is 3.95. The lowest BCUT2D eigenvalue weighted by atomic mass is 10.3. The summed E-state index contributed by atoms with van der Waals surface area (Å²) in [5.74, 6) is 0.653. The molecule has 3 rings (SSSR count). The molecule has 2 aromatic heterocycles. The molecule has 116 valence electrons. The van der Waals surface area contributed by atoms with Crippen molar-refractivity contribution in [2.45, 2.75) is 6.92 Å². The van der Waals surface area contributed by atoms with Crippen LogP contribution in [0.3, 0.4) is 0 Å². The molecule has 3 heterocycles. The van der Waals surface area contributed by atoms with E-state index in [0.29, 0.717) is 44.3 Å². The van der Waals surface area contributed by atoms with Gasteiger partial charge in [0.25, 0.3) is 5.56 Å². The Balaban J connectivity index is 1.76.